The van der Waals surface area contributed by atoms with Gasteiger partial charge in [0.05, 0.1) is 5.56 Å². The number of furan rings is 1. The minimum Gasteiger partial charge on any atom is -0.466 e. The van der Waals surface area contributed by atoms with Crippen LogP contribution >= 0.6 is 0 Å². The van der Waals surface area contributed by atoms with Crippen LogP contribution in [-0.2, 0) is 4.79 Å². The van der Waals surface area contributed by atoms with Crippen LogP contribution < -0.4 is 5.32 Å². The Morgan fingerprint density at radius 3 is 2.37 bits per heavy atom. The van der Waals surface area contributed by atoms with Gasteiger partial charge in [-0.25, -0.2) is 0 Å². The average Bonchev–Trinajstić information content (AvgIpc) is 2.70. The molecule has 5 nitrogen and oxygen atoms in total. The van der Waals surface area contributed by atoms with Gasteiger partial charge in [0.15, 0.2) is 0 Å². The molecule has 5 heteroatoms. The van der Waals surface area contributed by atoms with Crippen molar-refractivity contribution in [3.05, 3.63) is 23.2 Å². The Morgan fingerprint density at radius 2 is 1.89 bits per heavy atom. The van der Waals surface area contributed by atoms with Crippen LogP contribution in [0.1, 0.15) is 42.1 Å². The zero-order valence-corrected chi connectivity index (χ0v) is 12.1. The quantitative estimate of drug-likeness (QED) is 0.855. The van der Waals surface area contributed by atoms with Crippen molar-refractivity contribution in [2.45, 2.75) is 34.1 Å². The summed E-state index contributed by atoms with van der Waals surface area (Å²) >= 11 is 0. The summed E-state index contributed by atoms with van der Waals surface area (Å²) in [7, 11) is 0. The van der Waals surface area contributed by atoms with Crippen molar-refractivity contribution in [2.24, 2.45) is 0 Å². The molecule has 0 aliphatic heterocycles. The van der Waals surface area contributed by atoms with E-state index in [1.54, 1.807) is 24.8 Å². The predicted molar refractivity (Wildman–Crippen MR) is 73.1 cm³/mol. The lowest BCUT2D eigenvalue weighted by Crippen LogP contribution is -2.34. The van der Waals surface area contributed by atoms with Gasteiger partial charge in [0.25, 0.3) is 5.91 Å². The molecule has 1 rings (SSSR count). The normalized spacial score (nSPS) is 10.3. The number of carbonyl (C=O) groups excluding carboxylic acids is 2. The first-order chi connectivity index (χ1) is 8.99. The zero-order valence-electron chi connectivity index (χ0n) is 12.1. The zero-order chi connectivity index (χ0) is 14.4. The van der Waals surface area contributed by atoms with Gasteiger partial charge < -0.3 is 14.6 Å². The number of hydrogen-bond donors (Lipinski definition) is 1. The van der Waals surface area contributed by atoms with Gasteiger partial charge in [0.2, 0.25) is 5.91 Å². The van der Waals surface area contributed by atoms with E-state index in [0.717, 1.165) is 0 Å². The van der Waals surface area contributed by atoms with E-state index in [4.69, 9.17) is 4.42 Å². The van der Waals surface area contributed by atoms with Gasteiger partial charge in [-0.2, -0.15) is 0 Å². The Hall–Kier alpha value is -1.78. The lowest BCUT2D eigenvalue weighted by atomic mass is 10.2. The molecule has 2 amide bonds. The van der Waals surface area contributed by atoms with E-state index in [1.807, 2.05) is 13.8 Å². The van der Waals surface area contributed by atoms with Gasteiger partial charge in [-0.3, -0.25) is 9.59 Å². The lowest BCUT2D eigenvalue weighted by Gasteiger charge is -2.18. The maximum absolute atomic E-state index is 11.9. The highest BCUT2D eigenvalue weighted by molar-refractivity contribution is 5.95. The maximum Gasteiger partial charge on any atom is 0.254 e. The first-order valence-electron chi connectivity index (χ1n) is 6.62. The first-order valence-corrected chi connectivity index (χ1v) is 6.62. The van der Waals surface area contributed by atoms with Crippen LogP contribution in [-0.4, -0.2) is 36.3 Å². The van der Waals surface area contributed by atoms with Crippen LogP contribution in [0.3, 0.4) is 0 Å². The number of nitrogens with zero attached hydrogens (tertiary/aromatic N) is 1. The minimum absolute atomic E-state index is 0.0606. The fourth-order valence-electron chi connectivity index (χ4n) is 1.97. The van der Waals surface area contributed by atoms with Crippen molar-refractivity contribution in [1.82, 2.24) is 10.2 Å². The van der Waals surface area contributed by atoms with Crippen LogP contribution in [0, 0.1) is 13.8 Å². The second-order valence-corrected chi connectivity index (χ2v) is 4.40. The van der Waals surface area contributed by atoms with Crippen molar-refractivity contribution in [3.8, 4) is 0 Å². The highest BCUT2D eigenvalue weighted by Crippen LogP contribution is 2.13. The average molecular weight is 266 g/mol. The fourth-order valence-corrected chi connectivity index (χ4v) is 1.97. The number of rotatable bonds is 6. The van der Waals surface area contributed by atoms with E-state index in [-0.39, 0.29) is 11.8 Å². The topological polar surface area (TPSA) is 62.6 Å². The molecule has 0 aliphatic carbocycles. The van der Waals surface area contributed by atoms with Crippen molar-refractivity contribution in [3.63, 3.8) is 0 Å². The Labute approximate surface area is 114 Å². The molecule has 0 aliphatic rings. The van der Waals surface area contributed by atoms with Gasteiger partial charge in [-0.05, 0) is 33.8 Å². The van der Waals surface area contributed by atoms with Gasteiger partial charge in [-0.1, -0.05) is 0 Å². The molecule has 1 aromatic heterocycles. The Morgan fingerprint density at radius 1 is 1.26 bits per heavy atom. The monoisotopic (exact) mass is 266 g/mol. The molecule has 1 N–H and O–H groups in total. The highest BCUT2D eigenvalue weighted by atomic mass is 16.3. The Bertz CT molecular complexity index is 448. The van der Waals surface area contributed by atoms with E-state index in [9.17, 15) is 9.59 Å². The molecule has 0 saturated heterocycles. The molecule has 1 aromatic rings. The smallest absolute Gasteiger partial charge is 0.254 e. The summed E-state index contributed by atoms with van der Waals surface area (Å²) in [5, 5.41) is 2.74. The highest BCUT2D eigenvalue weighted by Gasteiger charge is 2.14. The molecule has 0 atom stereocenters. The third kappa shape index (κ3) is 4.12. The fraction of sp³-hybridized carbons (Fsp3) is 0.571. The van der Waals surface area contributed by atoms with E-state index < -0.39 is 0 Å². The van der Waals surface area contributed by atoms with Crippen molar-refractivity contribution in [2.75, 3.05) is 19.6 Å². The van der Waals surface area contributed by atoms with E-state index >= 15 is 0 Å². The standard InChI is InChI=1S/C14H22N2O3/c1-5-16(6-2)13(17)7-8-15-14(18)12-9-10(3)19-11(12)4/h9H,5-8H2,1-4H3,(H,15,18). The van der Waals surface area contributed by atoms with E-state index in [2.05, 4.69) is 5.32 Å². The van der Waals surface area contributed by atoms with Gasteiger partial charge in [0.1, 0.15) is 11.5 Å². The number of hydrogen-bond acceptors (Lipinski definition) is 3. The molecule has 1 heterocycles. The summed E-state index contributed by atoms with van der Waals surface area (Å²) in [6.07, 6.45) is 0.323. The van der Waals surface area contributed by atoms with Gasteiger partial charge >= 0.3 is 0 Å². The largest absolute Gasteiger partial charge is 0.466 e. The van der Waals surface area contributed by atoms with Crippen LogP contribution in [0.2, 0.25) is 0 Å². The molecule has 0 unspecified atom stereocenters. The summed E-state index contributed by atoms with van der Waals surface area (Å²) in [5.74, 6) is 1.18. The third-order valence-corrected chi connectivity index (χ3v) is 3.03. The summed E-state index contributed by atoms with van der Waals surface area (Å²) in [6.45, 7) is 9.18. The van der Waals surface area contributed by atoms with Crippen LogP contribution in [0.25, 0.3) is 0 Å². The lowest BCUT2D eigenvalue weighted by molar-refractivity contribution is -0.130. The predicted octanol–water partition coefficient (Wildman–Crippen LogP) is 1.88. The number of aryl methyl sites for hydroxylation is 2. The summed E-state index contributed by atoms with van der Waals surface area (Å²) < 4.78 is 5.30. The summed E-state index contributed by atoms with van der Waals surface area (Å²) in [6, 6.07) is 1.71. The molecule has 19 heavy (non-hydrogen) atoms. The second kappa shape index (κ2) is 6.97. The number of amides is 2. The van der Waals surface area contributed by atoms with Gasteiger partial charge in [0, 0.05) is 26.1 Å². The van der Waals surface area contributed by atoms with E-state index in [1.165, 1.54) is 0 Å². The molecular formula is C14H22N2O3. The molecule has 0 saturated carbocycles. The maximum atomic E-state index is 11.9. The van der Waals surface area contributed by atoms with Crippen LogP contribution in [0.5, 0.6) is 0 Å². The molecule has 0 aromatic carbocycles. The van der Waals surface area contributed by atoms with Crippen LogP contribution in [0.15, 0.2) is 10.5 Å². The SMILES string of the molecule is CCN(CC)C(=O)CCNC(=O)c1cc(C)oc1C. The number of carbonyl (C=O) groups is 2. The Kier molecular flexibility index (Phi) is 5.60. The van der Waals surface area contributed by atoms with E-state index in [0.29, 0.717) is 43.1 Å². The second-order valence-electron chi connectivity index (χ2n) is 4.40. The van der Waals surface area contributed by atoms with Crippen molar-refractivity contribution in [1.29, 1.82) is 0 Å². The van der Waals surface area contributed by atoms with Crippen molar-refractivity contribution >= 4 is 11.8 Å². The number of nitrogens with one attached hydrogen (secondary N) is 1. The van der Waals surface area contributed by atoms with Crippen molar-refractivity contribution < 1.29 is 14.0 Å². The molecular weight excluding hydrogens is 244 g/mol. The summed E-state index contributed by atoms with van der Waals surface area (Å²) in [5.41, 5.74) is 0.535. The van der Waals surface area contributed by atoms with Crippen LogP contribution in [0.4, 0.5) is 0 Å². The molecule has 0 radical (unpaired) electrons. The first kappa shape index (κ1) is 15.3. The molecule has 0 fully saturated rings. The summed E-state index contributed by atoms with van der Waals surface area (Å²) in [4.78, 5) is 25.4. The van der Waals surface area contributed by atoms with Gasteiger partial charge in [-0.15, -0.1) is 0 Å². The molecule has 0 bridgehead atoms. The minimum atomic E-state index is -0.193. The molecule has 0 spiro atoms. The third-order valence-electron chi connectivity index (χ3n) is 3.03. The molecule has 106 valence electrons. The Balaban J connectivity index is 2.43.